The highest BCUT2D eigenvalue weighted by molar-refractivity contribution is 6.37. The van der Waals surface area contributed by atoms with Crippen LogP contribution in [0.25, 0.3) is 0 Å². The summed E-state index contributed by atoms with van der Waals surface area (Å²) in [5.74, 6) is 0.727. The van der Waals surface area contributed by atoms with Gasteiger partial charge < -0.3 is 9.64 Å². The monoisotopic (exact) mass is 380 g/mol. The molecule has 0 bridgehead atoms. The molecule has 132 valence electrons. The van der Waals surface area contributed by atoms with E-state index in [1.165, 1.54) is 17.7 Å². The maximum atomic E-state index is 11.1. The molecule has 0 aromatic heterocycles. The molecular formula is C18H18Cl2N2O3. The summed E-state index contributed by atoms with van der Waals surface area (Å²) in [5.41, 5.74) is 2.53. The van der Waals surface area contributed by atoms with Crippen LogP contribution in [0.2, 0.25) is 10.0 Å². The zero-order chi connectivity index (χ0) is 18.1. The zero-order valence-corrected chi connectivity index (χ0v) is 15.5. The standard InChI is InChI=1S/C18H18Cl2N2O3/c1-11-6-7-12-4-3-5-16(18(12)21(11)2)25-10-13-14(19)8-9-15(17(13)20)22(23)24/h3-5,8-9,11H,6-7,10H2,1-2H3. The molecule has 5 nitrogen and oxygen atoms in total. The van der Waals surface area contributed by atoms with Crippen molar-refractivity contribution in [1.82, 2.24) is 0 Å². The molecule has 1 aliphatic rings. The van der Waals surface area contributed by atoms with Crippen LogP contribution in [0.5, 0.6) is 5.75 Å². The Bertz CT molecular complexity index is 826. The molecule has 3 rings (SSSR count). The predicted octanol–water partition coefficient (Wildman–Crippen LogP) is 5.25. The van der Waals surface area contributed by atoms with E-state index in [-0.39, 0.29) is 17.3 Å². The average molecular weight is 381 g/mol. The molecule has 7 heteroatoms. The van der Waals surface area contributed by atoms with Gasteiger partial charge in [-0.15, -0.1) is 0 Å². The number of rotatable bonds is 4. The highest BCUT2D eigenvalue weighted by Gasteiger charge is 2.24. The van der Waals surface area contributed by atoms with Crippen molar-refractivity contribution < 1.29 is 9.66 Å². The minimum atomic E-state index is -0.526. The first kappa shape index (κ1) is 17.8. The second kappa shape index (κ2) is 7.10. The predicted molar refractivity (Wildman–Crippen MR) is 100 cm³/mol. The van der Waals surface area contributed by atoms with Gasteiger partial charge in [0.2, 0.25) is 0 Å². The molecule has 1 aliphatic heterocycles. The number of hydrogen-bond donors (Lipinski definition) is 0. The van der Waals surface area contributed by atoms with E-state index in [2.05, 4.69) is 17.9 Å². The maximum absolute atomic E-state index is 11.1. The number of benzene rings is 2. The molecule has 0 radical (unpaired) electrons. The van der Waals surface area contributed by atoms with E-state index >= 15 is 0 Å². The molecule has 0 amide bonds. The van der Waals surface area contributed by atoms with Gasteiger partial charge in [0.1, 0.15) is 17.4 Å². The minimum Gasteiger partial charge on any atom is -0.487 e. The fourth-order valence-corrected chi connectivity index (χ4v) is 3.62. The van der Waals surface area contributed by atoms with E-state index in [0.717, 1.165) is 24.3 Å². The van der Waals surface area contributed by atoms with Crippen molar-refractivity contribution >= 4 is 34.6 Å². The highest BCUT2D eigenvalue weighted by Crippen LogP contribution is 2.39. The summed E-state index contributed by atoms with van der Waals surface area (Å²) < 4.78 is 5.97. The normalized spacial score (nSPS) is 16.5. The van der Waals surface area contributed by atoms with E-state index < -0.39 is 4.92 Å². The van der Waals surface area contributed by atoms with Gasteiger partial charge in [-0.25, -0.2) is 0 Å². The molecule has 0 spiro atoms. The molecule has 1 atom stereocenters. The van der Waals surface area contributed by atoms with Gasteiger partial charge in [0, 0.05) is 29.7 Å². The fourth-order valence-electron chi connectivity index (χ4n) is 3.07. The first-order valence-electron chi connectivity index (χ1n) is 7.99. The molecule has 0 N–H and O–H groups in total. The molecule has 2 aromatic rings. The molecule has 0 saturated heterocycles. The summed E-state index contributed by atoms with van der Waals surface area (Å²) in [6, 6.07) is 9.13. The Hall–Kier alpha value is -1.98. The summed E-state index contributed by atoms with van der Waals surface area (Å²) in [6.45, 7) is 2.24. The molecule has 1 heterocycles. The molecule has 1 unspecified atom stereocenters. The first-order chi connectivity index (χ1) is 11.9. The van der Waals surface area contributed by atoms with Gasteiger partial charge in [-0.1, -0.05) is 35.3 Å². The Balaban J connectivity index is 1.91. The van der Waals surface area contributed by atoms with E-state index in [1.54, 1.807) is 0 Å². The van der Waals surface area contributed by atoms with Crippen molar-refractivity contribution in [2.45, 2.75) is 32.4 Å². The topological polar surface area (TPSA) is 55.6 Å². The second-order valence-corrected chi connectivity index (χ2v) is 6.95. The van der Waals surface area contributed by atoms with E-state index in [0.29, 0.717) is 16.6 Å². The van der Waals surface area contributed by atoms with Gasteiger partial charge in [-0.3, -0.25) is 10.1 Å². The Morgan fingerprint density at radius 1 is 1.32 bits per heavy atom. The number of para-hydroxylation sites is 1. The van der Waals surface area contributed by atoms with Crippen molar-refractivity contribution in [2.75, 3.05) is 11.9 Å². The van der Waals surface area contributed by atoms with Crippen LogP contribution in [0.4, 0.5) is 11.4 Å². The molecule has 0 fully saturated rings. The van der Waals surface area contributed by atoms with E-state index in [1.807, 2.05) is 19.2 Å². The van der Waals surface area contributed by atoms with E-state index in [4.69, 9.17) is 27.9 Å². The largest absolute Gasteiger partial charge is 0.487 e. The van der Waals surface area contributed by atoms with Crippen LogP contribution in [0.1, 0.15) is 24.5 Å². The Morgan fingerprint density at radius 2 is 2.08 bits per heavy atom. The van der Waals surface area contributed by atoms with Crippen LogP contribution < -0.4 is 9.64 Å². The number of nitro benzene ring substituents is 1. The highest BCUT2D eigenvalue weighted by atomic mass is 35.5. The number of hydrogen-bond acceptors (Lipinski definition) is 4. The Labute approximate surface area is 156 Å². The van der Waals surface area contributed by atoms with Crippen LogP contribution in [0, 0.1) is 10.1 Å². The average Bonchev–Trinajstić information content (AvgIpc) is 2.57. The van der Waals surface area contributed by atoms with Crippen LogP contribution in [-0.4, -0.2) is 18.0 Å². The lowest BCUT2D eigenvalue weighted by Gasteiger charge is -2.35. The van der Waals surface area contributed by atoms with Gasteiger partial charge in [0.15, 0.2) is 0 Å². The lowest BCUT2D eigenvalue weighted by Crippen LogP contribution is -2.33. The minimum absolute atomic E-state index is 0.0176. The summed E-state index contributed by atoms with van der Waals surface area (Å²) in [6.07, 6.45) is 2.09. The van der Waals surface area contributed by atoms with Crippen molar-refractivity contribution in [2.24, 2.45) is 0 Å². The molecule has 0 aliphatic carbocycles. The third kappa shape index (κ3) is 3.39. The molecule has 25 heavy (non-hydrogen) atoms. The SMILES string of the molecule is CC1CCc2cccc(OCc3c(Cl)ccc([N+](=O)[O-])c3Cl)c2N1C. The van der Waals surface area contributed by atoms with Crippen LogP contribution in [-0.2, 0) is 13.0 Å². The number of fused-ring (bicyclic) bond motifs is 1. The van der Waals surface area contributed by atoms with Gasteiger partial charge in [-0.05, 0) is 37.5 Å². The van der Waals surface area contributed by atoms with Crippen molar-refractivity contribution in [1.29, 1.82) is 0 Å². The van der Waals surface area contributed by atoms with Crippen LogP contribution >= 0.6 is 23.2 Å². The lowest BCUT2D eigenvalue weighted by atomic mass is 9.97. The molecule has 0 saturated carbocycles. The lowest BCUT2D eigenvalue weighted by molar-refractivity contribution is -0.384. The number of halogens is 2. The summed E-state index contributed by atoms with van der Waals surface area (Å²) in [5, 5.41) is 11.4. The van der Waals surface area contributed by atoms with Gasteiger partial charge in [0.05, 0.1) is 10.6 Å². The van der Waals surface area contributed by atoms with Crippen LogP contribution in [0.15, 0.2) is 30.3 Å². The number of nitrogens with zero attached hydrogens (tertiary/aromatic N) is 2. The number of nitro groups is 1. The number of aryl methyl sites for hydroxylation is 1. The summed E-state index contributed by atoms with van der Waals surface area (Å²) in [7, 11) is 2.04. The molecular weight excluding hydrogens is 363 g/mol. The van der Waals surface area contributed by atoms with Crippen molar-refractivity contribution in [3.05, 3.63) is 61.6 Å². The molecule has 2 aromatic carbocycles. The zero-order valence-electron chi connectivity index (χ0n) is 14.0. The van der Waals surface area contributed by atoms with Gasteiger partial charge in [-0.2, -0.15) is 0 Å². The quantitative estimate of drug-likeness (QED) is 0.536. The maximum Gasteiger partial charge on any atom is 0.288 e. The Kier molecular flexibility index (Phi) is 5.06. The summed E-state index contributed by atoms with van der Waals surface area (Å²) >= 11 is 12.3. The van der Waals surface area contributed by atoms with Gasteiger partial charge >= 0.3 is 0 Å². The van der Waals surface area contributed by atoms with Crippen molar-refractivity contribution in [3.8, 4) is 5.75 Å². The fraction of sp³-hybridized carbons (Fsp3) is 0.333. The number of anilines is 1. The van der Waals surface area contributed by atoms with Gasteiger partial charge in [0.25, 0.3) is 5.69 Å². The first-order valence-corrected chi connectivity index (χ1v) is 8.74. The number of ether oxygens (including phenoxy) is 1. The second-order valence-electron chi connectivity index (χ2n) is 6.17. The Morgan fingerprint density at radius 3 is 2.80 bits per heavy atom. The van der Waals surface area contributed by atoms with Crippen molar-refractivity contribution in [3.63, 3.8) is 0 Å². The third-order valence-corrected chi connectivity index (χ3v) is 5.44. The smallest absolute Gasteiger partial charge is 0.288 e. The van der Waals surface area contributed by atoms with Crippen LogP contribution in [0.3, 0.4) is 0 Å². The summed E-state index contributed by atoms with van der Waals surface area (Å²) in [4.78, 5) is 12.7. The third-order valence-electron chi connectivity index (χ3n) is 4.66. The van der Waals surface area contributed by atoms with E-state index in [9.17, 15) is 10.1 Å².